The van der Waals surface area contributed by atoms with Crippen LogP contribution in [0, 0.1) is 13.8 Å². The molecule has 0 saturated heterocycles. The molecule has 1 aromatic carbocycles. The Morgan fingerprint density at radius 2 is 1.95 bits per heavy atom. The monoisotopic (exact) mass is 347 g/mol. The highest BCUT2D eigenvalue weighted by Crippen LogP contribution is 2.22. The molecule has 5 nitrogen and oxygen atoms in total. The van der Waals surface area contributed by atoms with E-state index in [0.29, 0.717) is 27.0 Å². The third kappa shape index (κ3) is 3.40. The zero-order valence-corrected chi connectivity index (χ0v) is 14.1. The highest BCUT2D eigenvalue weighted by Gasteiger charge is 2.23. The van der Waals surface area contributed by atoms with Gasteiger partial charge in [0.1, 0.15) is 4.90 Å². The average Bonchev–Trinajstić information content (AvgIpc) is 2.62. The van der Waals surface area contributed by atoms with Gasteiger partial charge in [0.25, 0.3) is 0 Å². The van der Waals surface area contributed by atoms with E-state index in [1.807, 2.05) is 0 Å². The number of rotatable bonds is 4. The summed E-state index contributed by atoms with van der Waals surface area (Å²) >= 11 is 11.8. The van der Waals surface area contributed by atoms with E-state index >= 15 is 0 Å². The van der Waals surface area contributed by atoms with Crippen molar-refractivity contribution in [1.82, 2.24) is 14.5 Å². The Morgan fingerprint density at radius 3 is 2.48 bits per heavy atom. The second-order valence-corrected chi connectivity index (χ2v) is 7.23. The Morgan fingerprint density at radius 1 is 1.29 bits per heavy atom. The van der Waals surface area contributed by atoms with Crippen molar-refractivity contribution in [2.75, 3.05) is 0 Å². The molecule has 21 heavy (non-hydrogen) atoms. The molecule has 8 heteroatoms. The number of nitrogens with one attached hydrogen (secondary N) is 1. The Kier molecular flexibility index (Phi) is 4.63. The molecule has 2 rings (SSSR count). The van der Waals surface area contributed by atoms with Crippen LogP contribution in [-0.2, 0) is 23.6 Å². The fourth-order valence-electron chi connectivity index (χ4n) is 2.05. The highest BCUT2D eigenvalue weighted by atomic mass is 35.5. The minimum Gasteiger partial charge on any atom is -0.271 e. The maximum atomic E-state index is 12.4. The fourth-order valence-corrected chi connectivity index (χ4v) is 3.97. The molecule has 0 spiro atoms. The Balaban J connectivity index is 2.26. The largest absolute Gasteiger partial charge is 0.271 e. The van der Waals surface area contributed by atoms with Gasteiger partial charge in [-0.25, -0.2) is 13.1 Å². The van der Waals surface area contributed by atoms with Crippen molar-refractivity contribution >= 4 is 33.2 Å². The minimum absolute atomic E-state index is 0.0894. The van der Waals surface area contributed by atoms with E-state index in [4.69, 9.17) is 23.2 Å². The molecule has 0 radical (unpaired) electrons. The number of sulfonamides is 1. The Bertz CT molecular complexity index is 785. The number of halogens is 2. The third-order valence-corrected chi connectivity index (χ3v) is 5.42. The van der Waals surface area contributed by atoms with Crippen LogP contribution in [0.1, 0.15) is 17.0 Å². The van der Waals surface area contributed by atoms with Gasteiger partial charge in [0.15, 0.2) is 0 Å². The van der Waals surface area contributed by atoms with E-state index in [9.17, 15) is 8.42 Å². The number of benzene rings is 1. The first-order valence-electron chi connectivity index (χ1n) is 6.16. The number of aryl methyl sites for hydroxylation is 2. The molecule has 2 aromatic rings. The molecule has 0 saturated carbocycles. The summed E-state index contributed by atoms with van der Waals surface area (Å²) in [5.74, 6) is 0. The molecule has 1 N–H and O–H groups in total. The molecule has 1 heterocycles. The zero-order chi connectivity index (χ0) is 15.8. The summed E-state index contributed by atoms with van der Waals surface area (Å²) in [4.78, 5) is 0.204. The first kappa shape index (κ1) is 16.3. The van der Waals surface area contributed by atoms with E-state index in [-0.39, 0.29) is 11.4 Å². The lowest BCUT2D eigenvalue weighted by molar-refractivity contribution is 0.579. The lowest BCUT2D eigenvalue weighted by Crippen LogP contribution is -2.24. The van der Waals surface area contributed by atoms with Crippen LogP contribution < -0.4 is 4.72 Å². The predicted molar refractivity (Wildman–Crippen MR) is 83.2 cm³/mol. The second-order valence-electron chi connectivity index (χ2n) is 4.68. The van der Waals surface area contributed by atoms with Gasteiger partial charge in [-0.05, 0) is 31.5 Å². The standard InChI is InChI=1S/C13H15Cl2N3O2S/c1-8-13(9(2)18(3)17-8)21(19,20)16-7-10-4-5-11(14)6-12(10)15/h4-6,16H,7H2,1-3H3. The van der Waals surface area contributed by atoms with Crippen LogP contribution in [0.5, 0.6) is 0 Å². The van der Waals surface area contributed by atoms with Crippen molar-refractivity contribution in [3.05, 3.63) is 45.2 Å². The number of nitrogens with zero attached hydrogens (tertiary/aromatic N) is 2. The predicted octanol–water partition coefficient (Wildman–Crippen LogP) is 2.82. The van der Waals surface area contributed by atoms with Crippen molar-refractivity contribution < 1.29 is 8.42 Å². The molecular weight excluding hydrogens is 333 g/mol. The molecule has 0 aliphatic heterocycles. The van der Waals surface area contributed by atoms with E-state index < -0.39 is 10.0 Å². The maximum absolute atomic E-state index is 12.4. The number of hydrogen-bond acceptors (Lipinski definition) is 3. The lowest BCUT2D eigenvalue weighted by atomic mass is 10.2. The quantitative estimate of drug-likeness (QED) is 0.924. The normalized spacial score (nSPS) is 11.9. The molecule has 0 aliphatic rings. The van der Waals surface area contributed by atoms with Crippen LogP contribution in [0.3, 0.4) is 0 Å². The zero-order valence-electron chi connectivity index (χ0n) is 11.8. The fraction of sp³-hybridized carbons (Fsp3) is 0.308. The summed E-state index contributed by atoms with van der Waals surface area (Å²) in [7, 11) is -1.95. The van der Waals surface area contributed by atoms with Crippen LogP contribution in [0.15, 0.2) is 23.1 Å². The van der Waals surface area contributed by atoms with Gasteiger partial charge < -0.3 is 0 Å². The first-order chi connectivity index (χ1) is 9.72. The minimum atomic E-state index is -3.65. The molecule has 0 fully saturated rings. The van der Waals surface area contributed by atoms with Crippen molar-refractivity contribution in [2.45, 2.75) is 25.3 Å². The van der Waals surface area contributed by atoms with Crippen LogP contribution in [-0.4, -0.2) is 18.2 Å². The maximum Gasteiger partial charge on any atom is 0.244 e. The van der Waals surface area contributed by atoms with Gasteiger partial charge in [-0.1, -0.05) is 29.3 Å². The van der Waals surface area contributed by atoms with Crippen molar-refractivity contribution in [1.29, 1.82) is 0 Å². The molecular formula is C13H15Cl2N3O2S. The van der Waals surface area contributed by atoms with E-state index in [0.717, 1.165) is 0 Å². The van der Waals surface area contributed by atoms with Crippen molar-refractivity contribution in [2.24, 2.45) is 7.05 Å². The van der Waals surface area contributed by atoms with Gasteiger partial charge in [0, 0.05) is 23.6 Å². The van der Waals surface area contributed by atoms with Crippen LogP contribution >= 0.6 is 23.2 Å². The summed E-state index contributed by atoms with van der Waals surface area (Å²) in [5, 5.41) is 5.04. The summed E-state index contributed by atoms with van der Waals surface area (Å²) < 4.78 is 28.9. The number of aromatic nitrogens is 2. The molecule has 114 valence electrons. The molecule has 1 aromatic heterocycles. The smallest absolute Gasteiger partial charge is 0.244 e. The highest BCUT2D eigenvalue weighted by molar-refractivity contribution is 7.89. The summed E-state index contributed by atoms with van der Waals surface area (Å²) in [5.41, 5.74) is 1.70. The van der Waals surface area contributed by atoms with Crippen LogP contribution in [0.4, 0.5) is 0 Å². The van der Waals surface area contributed by atoms with Gasteiger partial charge in [0.05, 0.1) is 11.4 Å². The first-order valence-corrected chi connectivity index (χ1v) is 8.40. The van der Waals surface area contributed by atoms with E-state index in [1.54, 1.807) is 43.8 Å². The lowest BCUT2D eigenvalue weighted by Gasteiger charge is -2.09. The molecule has 0 unspecified atom stereocenters. The Hall–Kier alpha value is -1.08. The summed E-state index contributed by atoms with van der Waals surface area (Å²) in [6.45, 7) is 3.47. The van der Waals surface area contributed by atoms with Crippen molar-refractivity contribution in [3.8, 4) is 0 Å². The molecule has 0 bridgehead atoms. The van der Waals surface area contributed by atoms with Gasteiger partial charge in [-0.2, -0.15) is 5.10 Å². The van der Waals surface area contributed by atoms with Crippen LogP contribution in [0.25, 0.3) is 0 Å². The van der Waals surface area contributed by atoms with E-state index in [1.165, 1.54) is 0 Å². The SMILES string of the molecule is Cc1nn(C)c(C)c1S(=O)(=O)NCc1ccc(Cl)cc1Cl. The van der Waals surface area contributed by atoms with Gasteiger partial charge >= 0.3 is 0 Å². The van der Waals surface area contributed by atoms with Crippen LogP contribution in [0.2, 0.25) is 10.0 Å². The molecule has 0 amide bonds. The summed E-state index contributed by atoms with van der Waals surface area (Å²) in [6.07, 6.45) is 0. The Labute approximate surface area is 133 Å². The topological polar surface area (TPSA) is 64.0 Å². The van der Waals surface area contributed by atoms with Gasteiger partial charge in [0.2, 0.25) is 10.0 Å². The van der Waals surface area contributed by atoms with Gasteiger partial charge in [-0.3, -0.25) is 4.68 Å². The second kappa shape index (κ2) is 5.96. The summed E-state index contributed by atoms with van der Waals surface area (Å²) in [6, 6.07) is 4.93. The molecule has 0 aliphatic carbocycles. The van der Waals surface area contributed by atoms with Gasteiger partial charge in [-0.15, -0.1) is 0 Å². The average molecular weight is 348 g/mol. The third-order valence-electron chi connectivity index (χ3n) is 3.18. The van der Waals surface area contributed by atoms with Crippen molar-refractivity contribution in [3.63, 3.8) is 0 Å². The molecule has 0 atom stereocenters. The van der Waals surface area contributed by atoms with E-state index in [2.05, 4.69) is 9.82 Å². The number of hydrogen-bond donors (Lipinski definition) is 1.